The Morgan fingerprint density at radius 1 is 1.09 bits per heavy atom. The molecule has 0 aliphatic rings. The smallest absolute Gasteiger partial charge is 0.252 e. The molecule has 2 aromatic carbocycles. The van der Waals surface area contributed by atoms with Crippen molar-refractivity contribution in [2.75, 3.05) is 26.5 Å². The second-order valence-corrected chi connectivity index (χ2v) is 5.33. The highest BCUT2D eigenvalue weighted by Crippen LogP contribution is 2.19. The van der Waals surface area contributed by atoms with Crippen molar-refractivity contribution in [3.63, 3.8) is 0 Å². The second kappa shape index (κ2) is 8.34. The SMILES string of the molecule is COc1ccc(OCCNC(=O)c2ccccc2SC)cc1. The molecule has 0 unspecified atom stereocenters. The zero-order chi connectivity index (χ0) is 15.8. The van der Waals surface area contributed by atoms with E-state index in [0.717, 1.165) is 16.4 Å². The highest BCUT2D eigenvalue weighted by Gasteiger charge is 2.09. The van der Waals surface area contributed by atoms with Crippen LogP contribution < -0.4 is 14.8 Å². The Bertz CT molecular complexity index is 614. The van der Waals surface area contributed by atoms with Crippen LogP contribution in [0.15, 0.2) is 53.4 Å². The van der Waals surface area contributed by atoms with Crippen LogP contribution in [0.2, 0.25) is 0 Å². The molecule has 5 heteroatoms. The molecule has 0 bridgehead atoms. The van der Waals surface area contributed by atoms with Crippen LogP contribution in [0, 0.1) is 0 Å². The minimum Gasteiger partial charge on any atom is -0.497 e. The van der Waals surface area contributed by atoms with Gasteiger partial charge in [-0.25, -0.2) is 0 Å². The molecule has 2 aromatic rings. The second-order valence-electron chi connectivity index (χ2n) is 4.48. The molecule has 0 aliphatic carbocycles. The molecule has 0 atom stereocenters. The van der Waals surface area contributed by atoms with E-state index in [9.17, 15) is 4.79 Å². The van der Waals surface area contributed by atoms with Crippen molar-refractivity contribution >= 4 is 17.7 Å². The van der Waals surface area contributed by atoms with Crippen molar-refractivity contribution in [3.05, 3.63) is 54.1 Å². The van der Waals surface area contributed by atoms with E-state index < -0.39 is 0 Å². The molecule has 0 heterocycles. The fourth-order valence-electron chi connectivity index (χ4n) is 1.93. The van der Waals surface area contributed by atoms with Crippen LogP contribution >= 0.6 is 11.8 Å². The van der Waals surface area contributed by atoms with E-state index in [0.29, 0.717) is 18.7 Å². The van der Waals surface area contributed by atoms with Gasteiger partial charge in [0.15, 0.2) is 0 Å². The molecule has 0 fully saturated rings. The van der Waals surface area contributed by atoms with E-state index >= 15 is 0 Å². The molecule has 0 saturated heterocycles. The molecule has 0 aliphatic heterocycles. The zero-order valence-electron chi connectivity index (χ0n) is 12.7. The lowest BCUT2D eigenvalue weighted by Crippen LogP contribution is -2.28. The minimum absolute atomic E-state index is 0.0803. The first-order valence-electron chi connectivity index (χ1n) is 6.92. The molecule has 2 rings (SSSR count). The molecule has 0 saturated carbocycles. The Morgan fingerprint density at radius 2 is 1.77 bits per heavy atom. The largest absolute Gasteiger partial charge is 0.497 e. The van der Waals surface area contributed by atoms with Crippen LogP contribution in [0.5, 0.6) is 11.5 Å². The maximum absolute atomic E-state index is 12.1. The van der Waals surface area contributed by atoms with Crippen molar-refractivity contribution in [1.82, 2.24) is 5.32 Å². The van der Waals surface area contributed by atoms with Crippen LogP contribution in [0.4, 0.5) is 0 Å². The minimum atomic E-state index is -0.0803. The van der Waals surface area contributed by atoms with Gasteiger partial charge in [0.2, 0.25) is 0 Å². The summed E-state index contributed by atoms with van der Waals surface area (Å²) >= 11 is 1.56. The number of hydrogen-bond donors (Lipinski definition) is 1. The molecule has 116 valence electrons. The molecule has 1 amide bonds. The van der Waals surface area contributed by atoms with Gasteiger partial charge in [0, 0.05) is 4.90 Å². The molecule has 0 aromatic heterocycles. The number of hydrogen-bond acceptors (Lipinski definition) is 4. The van der Waals surface area contributed by atoms with Gasteiger partial charge >= 0.3 is 0 Å². The van der Waals surface area contributed by atoms with Gasteiger partial charge in [0.1, 0.15) is 18.1 Å². The van der Waals surface area contributed by atoms with Crippen LogP contribution in [-0.2, 0) is 0 Å². The lowest BCUT2D eigenvalue weighted by molar-refractivity contribution is 0.0944. The van der Waals surface area contributed by atoms with Crippen LogP contribution in [0.25, 0.3) is 0 Å². The normalized spacial score (nSPS) is 10.1. The zero-order valence-corrected chi connectivity index (χ0v) is 13.5. The number of nitrogens with one attached hydrogen (secondary N) is 1. The average Bonchev–Trinajstić information content (AvgIpc) is 2.59. The predicted molar refractivity (Wildman–Crippen MR) is 89.0 cm³/mol. The van der Waals surface area contributed by atoms with E-state index in [-0.39, 0.29) is 5.91 Å². The van der Waals surface area contributed by atoms with E-state index in [1.165, 1.54) is 0 Å². The maximum atomic E-state index is 12.1. The molecule has 0 radical (unpaired) electrons. The topological polar surface area (TPSA) is 47.6 Å². The quantitative estimate of drug-likeness (QED) is 0.629. The molecular formula is C17H19NO3S. The van der Waals surface area contributed by atoms with Crippen LogP contribution in [-0.4, -0.2) is 32.4 Å². The lowest BCUT2D eigenvalue weighted by Gasteiger charge is -2.10. The summed E-state index contributed by atoms with van der Waals surface area (Å²) in [5.74, 6) is 1.46. The number of carbonyl (C=O) groups is 1. The van der Waals surface area contributed by atoms with Gasteiger partial charge < -0.3 is 14.8 Å². The summed E-state index contributed by atoms with van der Waals surface area (Å²) in [6.07, 6.45) is 1.96. The van der Waals surface area contributed by atoms with Crippen molar-refractivity contribution < 1.29 is 14.3 Å². The molecular weight excluding hydrogens is 298 g/mol. The predicted octanol–water partition coefficient (Wildman–Crippen LogP) is 3.23. The first-order valence-corrected chi connectivity index (χ1v) is 8.15. The third kappa shape index (κ3) is 4.43. The van der Waals surface area contributed by atoms with Gasteiger partial charge in [-0.2, -0.15) is 0 Å². The number of amides is 1. The van der Waals surface area contributed by atoms with E-state index in [2.05, 4.69) is 5.32 Å². The van der Waals surface area contributed by atoms with Gasteiger partial charge in [-0.1, -0.05) is 12.1 Å². The van der Waals surface area contributed by atoms with Gasteiger partial charge in [0.25, 0.3) is 5.91 Å². The summed E-state index contributed by atoms with van der Waals surface area (Å²) in [7, 11) is 1.62. The van der Waals surface area contributed by atoms with Gasteiger partial charge in [-0.05, 0) is 42.7 Å². The van der Waals surface area contributed by atoms with Gasteiger partial charge in [0.05, 0.1) is 19.2 Å². The van der Waals surface area contributed by atoms with Crippen LogP contribution in [0.1, 0.15) is 10.4 Å². The van der Waals surface area contributed by atoms with Crippen molar-refractivity contribution in [3.8, 4) is 11.5 Å². The van der Waals surface area contributed by atoms with E-state index in [4.69, 9.17) is 9.47 Å². The van der Waals surface area contributed by atoms with Crippen molar-refractivity contribution in [2.24, 2.45) is 0 Å². The van der Waals surface area contributed by atoms with Gasteiger partial charge in [-0.3, -0.25) is 4.79 Å². The number of carbonyl (C=O) groups excluding carboxylic acids is 1. The fourth-order valence-corrected chi connectivity index (χ4v) is 2.53. The first kappa shape index (κ1) is 16.2. The number of rotatable bonds is 7. The summed E-state index contributed by atoms with van der Waals surface area (Å²) in [6.45, 7) is 0.868. The molecule has 1 N–H and O–H groups in total. The Labute approximate surface area is 134 Å². The number of benzene rings is 2. The third-order valence-corrected chi connectivity index (χ3v) is 3.86. The van der Waals surface area contributed by atoms with Gasteiger partial charge in [-0.15, -0.1) is 11.8 Å². The summed E-state index contributed by atoms with van der Waals surface area (Å²) in [6, 6.07) is 14.9. The highest BCUT2D eigenvalue weighted by molar-refractivity contribution is 7.98. The third-order valence-electron chi connectivity index (χ3n) is 3.07. The number of methoxy groups -OCH3 is 1. The Balaban J connectivity index is 1.79. The summed E-state index contributed by atoms with van der Waals surface area (Å²) in [5, 5.41) is 2.86. The van der Waals surface area contributed by atoms with Crippen molar-refractivity contribution in [2.45, 2.75) is 4.90 Å². The average molecular weight is 317 g/mol. The monoisotopic (exact) mass is 317 g/mol. The van der Waals surface area contributed by atoms with Crippen LogP contribution in [0.3, 0.4) is 0 Å². The van der Waals surface area contributed by atoms with E-state index in [1.54, 1.807) is 18.9 Å². The fraction of sp³-hybridized carbons (Fsp3) is 0.235. The number of thioether (sulfide) groups is 1. The standard InChI is InChI=1S/C17H19NO3S/c1-20-13-7-9-14(10-8-13)21-12-11-18-17(19)15-5-3-4-6-16(15)22-2/h3-10H,11-12H2,1-2H3,(H,18,19). The number of ether oxygens (including phenoxy) is 2. The van der Waals surface area contributed by atoms with Crippen molar-refractivity contribution in [1.29, 1.82) is 0 Å². The molecule has 22 heavy (non-hydrogen) atoms. The maximum Gasteiger partial charge on any atom is 0.252 e. The first-order chi connectivity index (χ1) is 10.7. The summed E-state index contributed by atoms with van der Waals surface area (Å²) in [4.78, 5) is 13.1. The Morgan fingerprint density at radius 3 is 2.45 bits per heavy atom. The Hall–Kier alpha value is -2.14. The molecule has 0 spiro atoms. The molecule has 4 nitrogen and oxygen atoms in total. The Kier molecular flexibility index (Phi) is 6.15. The van der Waals surface area contributed by atoms with E-state index in [1.807, 2.05) is 54.8 Å². The summed E-state index contributed by atoms with van der Waals surface area (Å²) in [5.41, 5.74) is 0.694. The highest BCUT2D eigenvalue weighted by atomic mass is 32.2. The summed E-state index contributed by atoms with van der Waals surface area (Å²) < 4.78 is 10.7. The lowest BCUT2D eigenvalue weighted by atomic mass is 10.2.